The molecule has 1 fully saturated rings. The highest BCUT2D eigenvalue weighted by molar-refractivity contribution is 6.01. The summed E-state index contributed by atoms with van der Waals surface area (Å²) in [6.07, 6.45) is 2.98. The first-order valence-electron chi connectivity index (χ1n) is 7.48. The van der Waals surface area contributed by atoms with Gasteiger partial charge in [-0.1, -0.05) is 13.0 Å². The summed E-state index contributed by atoms with van der Waals surface area (Å²) in [4.78, 5) is 16.1. The number of hydrogen-bond acceptors (Lipinski definition) is 3. The Morgan fingerprint density at radius 2 is 2.38 bits per heavy atom. The molecule has 0 saturated carbocycles. The van der Waals surface area contributed by atoms with Crippen molar-refractivity contribution in [2.75, 3.05) is 6.61 Å². The Bertz CT molecular complexity index is 671. The number of carbonyl (C=O) groups is 1. The molecule has 5 heteroatoms. The maximum Gasteiger partial charge on any atom is 0.337 e. The smallest absolute Gasteiger partial charge is 0.337 e. The molecule has 1 N–H and O–H groups in total. The zero-order valence-corrected chi connectivity index (χ0v) is 12.4. The molecule has 2 unspecified atom stereocenters. The highest BCUT2D eigenvalue weighted by Gasteiger charge is 2.28. The molecule has 1 aromatic carbocycles. The first-order valence-corrected chi connectivity index (χ1v) is 7.48. The second kappa shape index (κ2) is 5.48. The fourth-order valence-corrected chi connectivity index (χ4v) is 3.21. The number of aromatic carboxylic acids is 1. The number of benzene rings is 1. The lowest BCUT2D eigenvalue weighted by Crippen LogP contribution is -2.23. The minimum Gasteiger partial charge on any atom is -0.478 e. The summed E-state index contributed by atoms with van der Waals surface area (Å²) in [6.45, 7) is 4.92. The SMILES string of the molecule is CCc1nc2cccc(C(=O)O)c2n1C(C)C1CCCO1. The highest BCUT2D eigenvalue weighted by atomic mass is 16.5. The van der Waals surface area contributed by atoms with Crippen LogP contribution in [0.15, 0.2) is 18.2 Å². The van der Waals surface area contributed by atoms with Crippen LogP contribution in [0.3, 0.4) is 0 Å². The zero-order valence-electron chi connectivity index (χ0n) is 12.4. The monoisotopic (exact) mass is 288 g/mol. The number of imidazole rings is 1. The van der Waals surface area contributed by atoms with Crippen LogP contribution in [-0.2, 0) is 11.2 Å². The highest BCUT2D eigenvalue weighted by Crippen LogP contribution is 2.31. The fourth-order valence-electron chi connectivity index (χ4n) is 3.21. The van der Waals surface area contributed by atoms with Gasteiger partial charge in [0.25, 0.3) is 0 Å². The molecular formula is C16H20N2O3. The maximum absolute atomic E-state index is 11.5. The zero-order chi connectivity index (χ0) is 15.0. The van der Waals surface area contributed by atoms with Crippen LogP contribution < -0.4 is 0 Å². The van der Waals surface area contributed by atoms with E-state index in [-0.39, 0.29) is 12.1 Å². The van der Waals surface area contributed by atoms with E-state index in [2.05, 4.69) is 16.5 Å². The van der Waals surface area contributed by atoms with Gasteiger partial charge in [0.15, 0.2) is 0 Å². The van der Waals surface area contributed by atoms with Crippen LogP contribution in [0.25, 0.3) is 11.0 Å². The van der Waals surface area contributed by atoms with E-state index in [4.69, 9.17) is 4.74 Å². The second-order valence-electron chi connectivity index (χ2n) is 5.52. The van der Waals surface area contributed by atoms with E-state index in [9.17, 15) is 9.90 Å². The number of nitrogens with zero attached hydrogens (tertiary/aromatic N) is 2. The molecule has 2 atom stereocenters. The fraction of sp³-hybridized carbons (Fsp3) is 0.500. The van der Waals surface area contributed by atoms with E-state index in [1.807, 2.05) is 13.0 Å². The van der Waals surface area contributed by atoms with Gasteiger partial charge in [0, 0.05) is 13.0 Å². The van der Waals surface area contributed by atoms with Crippen LogP contribution in [0.5, 0.6) is 0 Å². The number of aryl methyl sites for hydroxylation is 1. The lowest BCUT2D eigenvalue weighted by atomic mass is 10.1. The van der Waals surface area contributed by atoms with E-state index >= 15 is 0 Å². The molecule has 1 aromatic heterocycles. The Labute approximate surface area is 123 Å². The van der Waals surface area contributed by atoms with E-state index in [1.54, 1.807) is 12.1 Å². The van der Waals surface area contributed by atoms with Crippen molar-refractivity contribution in [2.45, 2.75) is 45.3 Å². The molecule has 2 aromatic rings. The van der Waals surface area contributed by atoms with Gasteiger partial charge in [-0.15, -0.1) is 0 Å². The topological polar surface area (TPSA) is 64.3 Å². The van der Waals surface area contributed by atoms with Crippen LogP contribution >= 0.6 is 0 Å². The van der Waals surface area contributed by atoms with Crippen molar-refractivity contribution in [3.05, 3.63) is 29.6 Å². The third-order valence-electron chi connectivity index (χ3n) is 4.24. The van der Waals surface area contributed by atoms with Crippen molar-refractivity contribution in [1.82, 2.24) is 9.55 Å². The molecular weight excluding hydrogens is 268 g/mol. The third kappa shape index (κ3) is 2.31. The minimum atomic E-state index is -0.913. The van der Waals surface area contributed by atoms with Crippen LogP contribution in [0.2, 0.25) is 0 Å². The van der Waals surface area contributed by atoms with Gasteiger partial charge in [0.05, 0.1) is 28.7 Å². The van der Waals surface area contributed by atoms with Gasteiger partial charge in [-0.2, -0.15) is 0 Å². The van der Waals surface area contributed by atoms with Crippen molar-refractivity contribution < 1.29 is 14.6 Å². The molecule has 0 spiro atoms. The van der Waals surface area contributed by atoms with Crippen LogP contribution in [-0.4, -0.2) is 33.3 Å². The summed E-state index contributed by atoms with van der Waals surface area (Å²) in [5.74, 6) is 0.00523. The van der Waals surface area contributed by atoms with Gasteiger partial charge in [0.2, 0.25) is 0 Å². The van der Waals surface area contributed by atoms with Crippen LogP contribution in [0, 0.1) is 0 Å². The number of ether oxygens (including phenoxy) is 1. The Balaban J connectivity index is 2.20. The Morgan fingerprint density at radius 1 is 1.57 bits per heavy atom. The number of para-hydroxylation sites is 1. The molecule has 1 saturated heterocycles. The summed E-state index contributed by atoms with van der Waals surface area (Å²) in [7, 11) is 0. The maximum atomic E-state index is 11.5. The average Bonchev–Trinajstić information content (AvgIpc) is 3.12. The number of hydrogen-bond donors (Lipinski definition) is 1. The average molecular weight is 288 g/mol. The molecule has 0 aliphatic carbocycles. The molecule has 2 heterocycles. The van der Waals surface area contributed by atoms with E-state index < -0.39 is 5.97 Å². The molecule has 1 aliphatic rings. The number of fused-ring (bicyclic) bond motifs is 1. The van der Waals surface area contributed by atoms with Gasteiger partial charge < -0.3 is 14.4 Å². The Morgan fingerprint density at radius 3 is 3.00 bits per heavy atom. The summed E-state index contributed by atoms with van der Waals surface area (Å²) in [5, 5.41) is 9.46. The van der Waals surface area contributed by atoms with Crippen LogP contribution in [0.1, 0.15) is 48.9 Å². The van der Waals surface area contributed by atoms with E-state index in [0.29, 0.717) is 11.1 Å². The quantitative estimate of drug-likeness (QED) is 0.939. The second-order valence-corrected chi connectivity index (χ2v) is 5.52. The first-order chi connectivity index (χ1) is 10.1. The standard InChI is InChI=1S/C16H20N2O3/c1-3-14-17-12-7-4-6-11(16(19)20)15(12)18(14)10(2)13-8-5-9-21-13/h4,6-7,10,13H,3,5,8-9H2,1-2H3,(H,19,20). The molecule has 112 valence electrons. The number of carboxylic acids is 1. The largest absolute Gasteiger partial charge is 0.478 e. The Kier molecular flexibility index (Phi) is 3.68. The van der Waals surface area contributed by atoms with Crippen molar-refractivity contribution >= 4 is 17.0 Å². The molecule has 21 heavy (non-hydrogen) atoms. The number of rotatable bonds is 4. The number of aromatic nitrogens is 2. The summed E-state index contributed by atoms with van der Waals surface area (Å²) in [6, 6.07) is 5.36. The summed E-state index contributed by atoms with van der Waals surface area (Å²) in [5.41, 5.74) is 1.77. The van der Waals surface area contributed by atoms with Gasteiger partial charge in [-0.3, -0.25) is 0 Å². The first kappa shape index (κ1) is 14.1. The van der Waals surface area contributed by atoms with Gasteiger partial charge in [-0.25, -0.2) is 9.78 Å². The minimum absolute atomic E-state index is 0.0907. The van der Waals surface area contributed by atoms with Crippen LogP contribution in [0.4, 0.5) is 0 Å². The van der Waals surface area contributed by atoms with Gasteiger partial charge in [0.1, 0.15) is 5.82 Å². The predicted molar refractivity (Wildman–Crippen MR) is 79.8 cm³/mol. The molecule has 3 rings (SSSR count). The lowest BCUT2D eigenvalue weighted by molar-refractivity contribution is 0.0689. The third-order valence-corrected chi connectivity index (χ3v) is 4.24. The van der Waals surface area contributed by atoms with E-state index in [1.165, 1.54) is 0 Å². The molecule has 1 aliphatic heterocycles. The lowest BCUT2D eigenvalue weighted by Gasteiger charge is -2.23. The van der Waals surface area contributed by atoms with Crippen molar-refractivity contribution in [2.24, 2.45) is 0 Å². The van der Waals surface area contributed by atoms with Gasteiger partial charge in [-0.05, 0) is 31.9 Å². The number of carboxylic acid groups (broad SMARTS) is 1. The molecule has 0 amide bonds. The van der Waals surface area contributed by atoms with Crippen molar-refractivity contribution in [1.29, 1.82) is 0 Å². The summed E-state index contributed by atoms with van der Waals surface area (Å²) >= 11 is 0. The summed E-state index contributed by atoms with van der Waals surface area (Å²) < 4.78 is 7.86. The van der Waals surface area contributed by atoms with Gasteiger partial charge >= 0.3 is 5.97 Å². The van der Waals surface area contributed by atoms with E-state index in [0.717, 1.165) is 37.2 Å². The molecule has 0 radical (unpaired) electrons. The van der Waals surface area contributed by atoms with Crippen molar-refractivity contribution in [3.63, 3.8) is 0 Å². The van der Waals surface area contributed by atoms with Crippen molar-refractivity contribution in [3.8, 4) is 0 Å². The molecule has 0 bridgehead atoms. The normalized spacial score (nSPS) is 20.0. The predicted octanol–water partition coefficient (Wildman–Crippen LogP) is 3.04. The molecule has 5 nitrogen and oxygen atoms in total. The Hall–Kier alpha value is -1.88.